The fourth-order valence-electron chi connectivity index (χ4n) is 1.07. The number of aromatic nitrogens is 1. The number of hydrogen-bond acceptors (Lipinski definition) is 2. The summed E-state index contributed by atoms with van der Waals surface area (Å²) in [4.78, 5) is 3.96. The van der Waals surface area contributed by atoms with Crippen molar-refractivity contribution in [3.8, 4) is 10.6 Å². The molecule has 0 spiro atoms. The number of nitrogens with zero attached hydrogens (tertiary/aromatic N) is 1. The first kappa shape index (κ1) is 9.73. The standard InChI is InChI=1S/C9H4BrF2NS/c10-7-4-14-9(13-7)8-5(11)2-1-3-6(8)12/h1-4H. The van der Waals surface area contributed by atoms with Gasteiger partial charge < -0.3 is 0 Å². The first-order valence-electron chi connectivity index (χ1n) is 3.74. The largest absolute Gasteiger partial charge is 0.229 e. The van der Waals surface area contributed by atoms with E-state index in [1.54, 1.807) is 5.38 Å². The lowest BCUT2D eigenvalue weighted by molar-refractivity contribution is 0.589. The third kappa shape index (κ3) is 1.69. The topological polar surface area (TPSA) is 12.9 Å². The summed E-state index contributed by atoms with van der Waals surface area (Å²) in [6.07, 6.45) is 0. The molecule has 72 valence electrons. The van der Waals surface area contributed by atoms with Crippen molar-refractivity contribution in [2.24, 2.45) is 0 Å². The third-order valence-electron chi connectivity index (χ3n) is 1.65. The fourth-order valence-corrected chi connectivity index (χ4v) is 2.37. The highest BCUT2D eigenvalue weighted by molar-refractivity contribution is 9.10. The average Bonchev–Trinajstić information content (AvgIpc) is 2.51. The zero-order valence-corrected chi connectivity index (χ0v) is 9.20. The molecule has 2 rings (SSSR count). The Morgan fingerprint density at radius 1 is 1.21 bits per heavy atom. The predicted octanol–water partition coefficient (Wildman–Crippen LogP) is 3.85. The van der Waals surface area contributed by atoms with Gasteiger partial charge in [-0.2, -0.15) is 0 Å². The van der Waals surface area contributed by atoms with Crippen LogP contribution in [-0.4, -0.2) is 4.98 Å². The summed E-state index contributed by atoms with van der Waals surface area (Å²) in [6.45, 7) is 0. The van der Waals surface area contributed by atoms with Crippen LogP contribution < -0.4 is 0 Å². The Morgan fingerprint density at radius 3 is 2.36 bits per heavy atom. The quantitative estimate of drug-likeness (QED) is 0.771. The molecule has 0 aliphatic carbocycles. The second-order valence-corrected chi connectivity index (χ2v) is 4.24. The number of benzene rings is 1. The van der Waals surface area contributed by atoms with Crippen LogP contribution in [0.4, 0.5) is 8.78 Å². The summed E-state index contributed by atoms with van der Waals surface area (Å²) >= 11 is 4.33. The number of halogens is 3. The minimum absolute atomic E-state index is 0.0665. The van der Waals surface area contributed by atoms with Gasteiger partial charge in [0.15, 0.2) is 0 Å². The Kier molecular flexibility index (Phi) is 2.60. The highest BCUT2D eigenvalue weighted by atomic mass is 79.9. The van der Waals surface area contributed by atoms with Crippen molar-refractivity contribution in [2.45, 2.75) is 0 Å². The molecule has 0 fully saturated rings. The molecule has 0 radical (unpaired) electrons. The van der Waals surface area contributed by atoms with Gasteiger partial charge in [0.1, 0.15) is 21.2 Å². The number of rotatable bonds is 1. The molecule has 0 saturated heterocycles. The Balaban J connectivity index is 2.61. The molecule has 1 aromatic carbocycles. The molecular formula is C9H4BrF2NS. The monoisotopic (exact) mass is 275 g/mol. The van der Waals surface area contributed by atoms with Gasteiger partial charge >= 0.3 is 0 Å². The van der Waals surface area contributed by atoms with Gasteiger partial charge in [-0.15, -0.1) is 11.3 Å². The Labute approximate surface area is 91.5 Å². The van der Waals surface area contributed by atoms with E-state index in [4.69, 9.17) is 0 Å². The van der Waals surface area contributed by atoms with Crippen molar-refractivity contribution in [1.82, 2.24) is 4.98 Å². The van der Waals surface area contributed by atoms with E-state index in [1.807, 2.05) is 0 Å². The molecule has 0 saturated carbocycles. The maximum atomic E-state index is 13.3. The molecule has 5 heteroatoms. The van der Waals surface area contributed by atoms with Crippen molar-refractivity contribution < 1.29 is 8.78 Å². The Morgan fingerprint density at radius 2 is 1.86 bits per heavy atom. The van der Waals surface area contributed by atoms with E-state index < -0.39 is 11.6 Å². The lowest BCUT2D eigenvalue weighted by Gasteiger charge is -1.99. The molecule has 0 amide bonds. The smallest absolute Gasteiger partial charge is 0.136 e. The molecule has 1 nitrogen and oxygen atoms in total. The van der Waals surface area contributed by atoms with E-state index in [0.717, 1.165) is 0 Å². The number of thiazole rings is 1. The molecule has 0 bridgehead atoms. The van der Waals surface area contributed by atoms with Gasteiger partial charge in [0.25, 0.3) is 0 Å². The summed E-state index contributed by atoms with van der Waals surface area (Å²) in [5.74, 6) is -1.18. The molecule has 0 aliphatic rings. The van der Waals surface area contributed by atoms with Crippen LogP contribution in [0.5, 0.6) is 0 Å². The van der Waals surface area contributed by atoms with Crippen molar-refractivity contribution in [2.75, 3.05) is 0 Å². The summed E-state index contributed by atoms with van der Waals surface area (Å²) in [7, 11) is 0. The average molecular weight is 276 g/mol. The lowest BCUT2D eigenvalue weighted by Crippen LogP contribution is -1.88. The molecule has 0 aliphatic heterocycles. The second-order valence-electron chi connectivity index (χ2n) is 2.57. The van der Waals surface area contributed by atoms with Gasteiger partial charge in [-0.25, -0.2) is 13.8 Å². The highest BCUT2D eigenvalue weighted by Gasteiger charge is 2.13. The van der Waals surface area contributed by atoms with Crippen LogP contribution in [0.2, 0.25) is 0 Å². The summed E-state index contributed by atoms with van der Waals surface area (Å²) in [6, 6.07) is 3.76. The SMILES string of the molecule is Fc1cccc(F)c1-c1nc(Br)cs1. The summed E-state index contributed by atoms with van der Waals surface area (Å²) in [5.41, 5.74) is -0.0665. The van der Waals surface area contributed by atoms with Crippen molar-refractivity contribution in [1.29, 1.82) is 0 Å². The van der Waals surface area contributed by atoms with Gasteiger partial charge in [-0.05, 0) is 28.1 Å². The fraction of sp³-hybridized carbons (Fsp3) is 0. The zero-order chi connectivity index (χ0) is 10.1. The van der Waals surface area contributed by atoms with E-state index in [-0.39, 0.29) is 5.56 Å². The van der Waals surface area contributed by atoms with Gasteiger partial charge in [-0.3, -0.25) is 0 Å². The molecule has 1 heterocycles. The third-order valence-corrected chi connectivity index (χ3v) is 3.22. The molecule has 0 atom stereocenters. The van der Waals surface area contributed by atoms with Crippen LogP contribution in [0.1, 0.15) is 0 Å². The second kappa shape index (κ2) is 3.74. The molecule has 0 unspecified atom stereocenters. The molecule has 0 N–H and O–H groups in total. The van der Waals surface area contributed by atoms with Gasteiger partial charge in [0.05, 0.1) is 5.56 Å². The first-order chi connectivity index (χ1) is 6.68. The summed E-state index contributed by atoms with van der Waals surface area (Å²) in [5, 5.41) is 2.02. The van der Waals surface area contributed by atoms with Crippen LogP contribution in [-0.2, 0) is 0 Å². The van der Waals surface area contributed by atoms with E-state index in [1.165, 1.54) is 29.5 Å². The number of hydrogen-bond donors (Lipinski definition) is 0. The summed E-state index contributed by atoms with van der Waals surface area (Å²) < 4.78 is 27.1. The predicted molar refractivity (Wildman–Crippen MR) is 55.2 cm³/mol. The van der Waals surface area contributed by atoms with Gasteiger partial charge in [-0.1, -0.05) is 6.07 Å². The van der Waals surface area contributed by atoms with E-state index in [2.05, 4.69) is 20.9 Å². The maximum Gasteiger partial charge on any atom is 0.136 e. The van der Waals surface area contributed by atoms with Crippen LogP contribution >= 0.6 is 27.3 Å². The first-order valence-corrected chi connectivity index (χ1v) is 5.41. The zero-order valence-electron chi connectivity index (χ0n) is 6.80. The minimum atomic E-state index is -0.591. The van der Waals surface area contributed by atoms with E-state index in [0.29, 0.717) is 9.61 Å². The Bertz CT molecular complexity index is 449. The van der Waals surface area contributed by atoms with Gasteiger partial charge in [0.2, 0.25) is 0 Å². The highest BCUT2D eigenvalue weighted by Crippen LogP contribution is 2.30. The van der Waals surface area contributed by atoms with Crippen LogP contribution in [0.3, 0.4) is 0 Å². The van der Waals surface area contributed by atoms with Crippen LogP contribution in [0.25, 0.3) is 10.6 Å². The van der Waals surface area contributed by atoms with Crippen molar-refractivity contribution in [3.63, 3.8) is 0 Å². The molecule has 2 aromatic rings. The Hall–Kier alpha value is -0.810. The molecule has 14 heavy (non-hydrogen) atoms. The van der Waals surface area contributed by atoms with Crippen LogP contribution in [0.15, 0.2) is 28.2 Å². The van der Waals surface area contributed by atoms with Crippen molar-refractivity contribution >= 4 is 27.3 Å². The maximum absolute atomic E-state index is 13.3. The van der Waals surface area contributed by atoms with E-state index in [9.17, 15) is 8.78 Å². The van der Waals surface area contributed by atoms with E-state index >= 15 is 0 Å². The lowest BCUT2D eigenvalue weighted by atomic mass is 10.2. The molecular weight excluding hydrogens is 272 g/mol. The van der Waals surface area contributed by atoms with Gasteiger partial charge in [0, 0.05) is 5.38 Å². The van der Waals surface area contributed by atoms with Crippen LogP contribution in [0, 0.1) is 11.6 Å². The molecule has 1 aromatic heterocycles. The normalized spacial score (nSPS) is 10.5. The minimum Gasteiger partial charge on any atom is -0.229 e. The van der Waals surface area contributed by atoms with Crippen molar-refractivity contribution in [3.05, 3.63) is 39.8 Å².